The molecule has 0 aromatic carbocycles. The summed E-state index contributed by atoms with van der Waals surface area (Å²) in [6.07, 6.45) is 9.46. The highest BCUT2D eigenvalue weighted by Crippen LogP contribution is 2.50. The van der Waals surface area contributed by atoms with Gasteiger partial charge in [-0.2, -0.15) is 5.26 Å². The molecule has 0 spiro atoms. The van der Waals surface area contributed by atoms with Gasteiger partial charge in [-0.25, -0.2) is 9.79 Å². The zero-order chi connectivity index (χ0) is 32.8. The Balaban J connectivity index is 1.53. The predicted molar refractivity (Wildman–Crippen MR) is 167 cm³/mol. The number of aryl methyl sites for hydroxylation is 1. The van der Waals surface area contributed by atoms with Crippen LogP contribution in [0.5, 0.6) is 0 Å². The van der Waals surface area contributed by atoms with Crippen molar-refractivity contribution >= 4 is 23.8 Å². The largest absolute Gasteiger partial charge is 0.465 e. The summed E-state index contributed by atoms with van der Waals surface area (Å²) in [5.41, 5.74) is 0.601. The van der Waals surface area contributed by atoms with Crippen molar-refractivity contribution in [2.75, 3.05) is 25.1 Å². The van der Waals surface area contributed by atoms with E-state index in [1.165, 1.54) is 6.07 Å². The first-order chi connectivity index (χ1) is 20.5. The summed E-state index contributed by atoms with van der Waals surface area (Å²) in [4.78, 5) is 56.3. The van der Waals surface area contributed by atoms with Gasteiger partial charge in [0.2, 0.25) is 12.0 Å². The third-order valence-electron chi connectivity index (χ3n) is 9.23. The standard InChI is InChI=1S/C34H50N4O6/c1-23-26(8-9-44-30(42)11-25-14-32(4,5)18-34(7,16-25)20-43-21-35)27(40)12-28(37-23)38-29(41)10-24-13-31(2,3)17-33(6,15-24)19-36-22-39/h12,24-25H,8-11,13-20H2,1-7H3,(H2,37,38,40,41). The molecule has 4 unspecified atom stereocenters. The van der Waals surface area contributed by atoms with Gasteiger partial charge in [0.1, 0.15) is 12.4 Å². The minimum atomic E-state index is -0.297. The maximum Gasteiger partial charge on any atom is 0.306 e. The lowest BCUT2D eigenvalue weighted by Gasteiger charge is -2.45. The Bertz CT molecular complexity index is 1350. The molecule has 2 saturated carbocycles. The Labute approximate surface area is 261 Å². The van der Waals surface area contributed by atoms with Gasteiger partial charge in [-0.05, 0) is 73.5 Å². The van der Waals surface area contributed by atoms with E-state index in [9.17, 15) is 19.2 Å². The first-order valence-corrected chi connectivity index (χ1v) is 15.7. The molecule has 2 aliphatic rings. The van der Waals surface area contributed by atoms with Crippen LogP contribution in [-0.2, 0) is 30.3 Å². The fraction of sp³-hybridized carbons (Fsp3) is 0.735. The van der Waals surface area contributed by atoms with Crippen molar-refractivity contribution in [3.8, 4) is 6.26 Å². The Morgan fingerprint density at radius 3 is 2.25 bits per heavy atom. The first kappa shape index (κ1) is 35.0. The summed E-state index contributed by atoms with van der Waals surface area (Å²) in [5.74, 6) is 0.127. The average Bonchev–Trinajstić information content (AvgIpc) is 2.85. The number of aromatic amines is 1. The van der Waals surface area contributed by atoms with Crippen LogP contribution in [0.3, 0.4) is 0 Å². The number of carbonyl (C=O) groups is 2. The van der Waals surface area contributed by atoms with Gasteiger partial charge in [0, 0.05) is 42.0 Å². The average molecular weight is 611 g/mol. The van der Waals surface area contributed by atoms with Gasteiger partial charge in [0.15, 0.2) is 5.43 Å². The lowest BCUT2D eigenvalue weighted by atomic mass is 9.60. The van der Waals surface area contributed by atoms with Gasteiger partial charge in [0.05, 0.1) is 13.2 Å². The van der Waals surface area contributed by atoms with Gasteiger partial charge in [-0.1, -0.05) is 41.5 Å². The lowest BCUT2D eigenvalue weighted by molar-refractivity contribution is -0.146. The Kier molecular flexibility index (Phi) is 11.2. The van der Waals surface area contributed by atoms with Crippen LogP contribution in [0.4, 0.5) is 5.82 Å². The number of nitriles is 1. The van der Waals surface area contributed by atoms with Crippen LogP contribution >= 0.6 is 0 Å². The Hall–Kier alpha value is -3.44. The number of aromatic nitrogens is 1. The van der Waals surface area contributed by atoms with E-state index in [-0.39, 0.29) is 70.2 Å². The number of anilines is 1. The number of H-pyrrole nitrogens is 1. The number of hydrogen-bond donors (Lipinski definition) is 2. The summed E-state index contributed by atoms with van der Waals surface area (Å²) in [6, 6.07) is 1.38. The monoisotopic (exact) mass is 610 g/mol. The van der Waals surface area contributed by atoms with Crippen molar-refractivity contribution in [2.45, 2.75) is 106 Å². The van der Waals surface area contributed by atoms with E-state index in [0.29, 0.717) is 36.6 Å². The molecule has 1 amide bonds. The zero-order valence-corrected chi connectivity index (χ0v) is 27.6. The van der Waals surface area contributed by atoms with Gasteiger partial charge in [-0.15, -0.1) is 0 Å². The minimum Gasteiger partial charge on any atom is -0.465 e. The molecule has 44 heavy (non-hydrogen) atoms. The van der Waals surface area contributed by atoms with Crippen LogP contribution < -0.4 is 10.7 Å². The number of rotatable bonds is 12. The smallest absolute Gasteiger partial charge is 0.306 e. The SMILES string of the molecule is Cc1[nH]c(NC(=O)CC2CC(C)(C)CC(C)(CN=C=O)C2)cc(=O)c1CCOC(=O)CC1CC(C)(C)CC(C)(COC#N)C1. The molecule has 4 atom stereocenters. The van der Waals surface area contributed by atoms with Crippen molar-refractivity contribution in [3.05, 3.63) is 27.5 Å². The van der Waals surface area contributed by atoms with E-state index < -0.39 is 0 Å². The molecule has 10 nitrogen and oxygen atoms in total. The molecule has 1 aromatic rings. The number of isocyanates is 1. The number of hydrogen-bond acceptors (Lipinski definition) is 8. The zero-order valence-electron chi connectivity index (χ0n) is 27.6. The number of aliphatic imine (C=N–C) groups is 1. The Morgan fingerprint density at radius 2 is 1.64 bits per heavy atom. The van der Waals surface area contributed by atoms with Crippen molar-refractivity contribution in [1.82, 2.24) is 4.98 Å². The van der Waals surface area contributed by atoms with Crippen LogP contribution in [0.15, 0.2) is 15.9 Å². The molecule has 0 bridgehead atoms. The van der Waals surface area contributed by atoms with E-state index in [0.717, 1.165) is 38.5 Å². The lowest BCUT2D eigenvalue weighted by Crippen LogP contribution is -2.39. The molecule has 2 aliphatic carbocycles. The fourth-order valence-electron chi connectivity index (χ4n) is 8.77. The number of nitrogens with one attached hydrogen (secondary N) is 2. The van der Waals surface area contributed by atoms with Crippen LogP contribution in [0, 0.1) is 51.9 Å². The third kappa shape index (κ3) is 10.3. The van der Waals surface area contributed by atoms with Crippen molar-refractivity contribution in [2.24, 2.45) is 38.5 Å². The van der Waals surface area contributed by atoms with Gasteiger partial charge < -0.3 is 19.8 Å². The number of carbonyl (C=O) groups excluding carboxylic acids is 3. The molecule has 0 radical (unpaired) electrons. The molecule has 3 rings (SSSR count). The third-order valence-corrected chi connectivity index (χ3v) is 9.23. The van der Waals surface area contributed by atoms with Crippen LogP contribution in [0.25, 0.3) is 0 Å². The minimum absolute atomic E-state index is 0.0207. The summed E-state index contributed by atoms with van der Waals surface area (Å²) in [6.45, 7) is 15.5. The molecule has 0 aliphatic heterocycles. The van der Waals surface area contributed by atoms with E-state index in [2.05, 4.69) is 56.8 Å². The van der Waals surface area contributed by atoms with Crippen molar-refractivity contribution in [3.63, 3.8) is 0 Å². The molecule has 1 aromatic heterocycles. The number of amides is 1. The van der Waals surface area contributed by atoms with Crippen LogP contribution in [0.2, 0.25) is 0 Å². The second-order valence-electron chi connectivity index (χ2n) is 15.7. The number of pyridine rings is 1. The van der Waals surface area contributed by atoms with Gasteiger partial charge in [0.25, 0.3) is 6.26 Å². The van der Waals surface area contributed by atoms with Gasteiger partial charge in [-0.3, -0.25) is 14.4 Å². The molecule has 10 heteroatoms. The number of ether oxygens (including phenoxy) is 2. The molecule has 2 N–H and O–H groups in total. The van der Waals surface area contributed by atoms with E-state index in [1.54, 1.807) is 19.3 Å². The van der Waals surface area contributed by atoms with Gasteiger partial charge >= 0.3 is 5.97 Å². The van der Waals surface area contributed by atoms with E-state index >= 15 is 0 Å². The highest BCUT2D eigenvalue weighted by Gasteiger charge is 2.43. The molecule has 1 heterocycles. The summed E-state index contributed by atoms with van der Waals surface area (Å²) in [5, 5.41) is 11.7. The van der Waals surface area contributed by atoms with Crippen LogP contribution in [0.1, 0.15) is 104 Å². The maximum atomic E-state index is 13.0. The molecule has 242 valence electrons. The highest BCUT2D eigenvalue weighted by molar-refractivity contribution is 5.89. The second-order valence-corrected chi connectivity index (χ2v) is 15.7. The predicted octanol–water partition coefficient (Wildman–Crippen LogP) is 5.99. The maximum absolute atomic E-state index is 13.0. The Morgan fingerprint density at radius 1 is 1.02 bits per heavy atom. The highest BCUT2D eigenvalue weighted by atomic mass is 16.5. The quantitative estimate of drug-likeness (QED) is 0.128. The second kappa shape index (κ2) is 14.1. The number of esters is 1. The number of nitrogens with zero attached hydrogens (tertiary/aromatic N) is 2. The van der Waals surface area contributed by atoms with E-state index in [1.807, 2.05) is 0 Å². The van der Waals surface area contributed by atoms with Crippen molar-refractivity contribution < 1.29 is 23.9 Å². The molecule has 2 fully saturated rings. The van der Waals surface area contributed by atoms with E-state index in [4.69, 9.17) is 14.7 Å². The topological polar surface area (TPSA) is 151 Å². The summed E-state index contributed by atoms with van der Waals surface area (Å²) in [7, 11) is 0. The fourth-order valence-corrected chi connectivity index (χ4v) is 8.77. The summed E-state index contributed by atoms with van der Waals surface area (Å²) < 4.78 is 10.6. The molecule has 0 saturated heterocycles. The molecular weight excluding hydrogens is 560 g/mol. The van der Waals surface area contributed by atoms with Crippen LogP contribution in [-0.4, -0.2) is 42.7 Å². The van der Waals surface area contributed by atoms with Crippen molar-refractivity contribution in [1.29, 1.82) is 5.26 Å². The first-order valence-electron chi connectivity index (χ1n) is 15.7. The summed E-state index contributed by atoms with van der Waals surface area (Å²) >= 11 is 0. The molecular formula is C34H50N4O6. The normalized spacial score (nSPS) is 27.3.